The second-order valence-electron chi connectivity index (χ2n) is 7.81. The highest BCUT2D eigenvalue weighted by Crippen LogP contribution is 2.31. The minimum absolute atomic E-state index is 0.789. The van der Waals surface area contributed by atoms with Crippen LogP contribution < -0.4 is 9.47 Å². The molecular formula is C32H28O2. The molecule has 0 N–H and O–H groups in total. The Morgan fingerprint density at radius 3 is 1.32 bits per heavy atom. The van der Waals surface area contributed by atoms with Gasteiger partial charge in [-0.2, -0.15) is 0 Å². The van der Waals surface area contributed by atoms with Crippen LogP contribution in [0.4, 0.5) is 0 Å². The van der Waals surface area contributed by atoms with Gasteiger partial charge in [0.25, 0.3) is 0 Å². The van der Waals surface area contributed by atoms with Gasteiger partial charge < -0.3 is 9.47 Å². The molecule has 0 aromatic heterocycles. The zero-order valence-electron chi connectivity index (χ0n) is 19.6. The van der Waals surface area contributed by atoms with E-state index in [1.165, 1.54) is 0 Å². The summed E-state index contributed by atoms with van der Waals surface area (Å²) in [7, 11) is 0. The van der Waals surface area contributed by atoms with Crippen LogP contribution in [0.15, 0.2) is 116 Å². The van der Waals surface area contributed by atoms with Crippen molar-refractivity contribution in [1.29, 1.82) is 0 Å². The standard InChI is InChI=1S/C32H28O2/c1-4-10-27-12-6-8-14-31(27)33-29-20-16-25(17-21-29)24(3)26-18-22-30(23-19-26)34-32-15-9-7-13-28(32)11-5-2/h4-23H,3H2,1-2H3/b10-4+,11-5+. The Morgan fingerprint density at radius 1 is 0.559 bits per heavy atom. The molecule has 4 aromatic rings. The molecule has 0 saturated heterocycles. The lowest BCUT2D eigenvalue weighted by Crippen LogP contribution is -1.91. The van der Waals surface area contributed by atoms with Gasteiger partial charge in [-0.25, -0.2) is 0 Å². The first kappa shape index (κ1) is 22.9. The fourth-order valence-electron chi connectivity index (χ4n) is 3.65. The molecule has 0 aliphatic carbocycles. The van der Waals surface area contributed by atoms with Crippen molar-refractivity contribution in [1.82, 2.24) is 0 Å². The van der Waals surface area contributed by atoms with E-state index in [0.29, 0.717) is 0 Å². The quantitative estimate of drug-likeness (QED) is 0.269. The summed E-state index contributed by atoms with van der Waals surface area (Å²) in [5.74, 6) is 3.24. The van der Waals surface area contributed by atoms with E-state index in [1.807, 2.05) is 135 Å². The Balaban J connectivity index is 1.45. The van der Waals surface area contributed by atoms with Gasteiger partial charge in [0.05, 0.1) is 0 Å². The molecule has 0 unspecified atom stereocenters. The molecule has 0 aliphatic heterocycles. The molecule has 0 fully saturated rings. The van der Waals surface area contributed by atoms with Crippen molar-refractivity contribution in [2.75, 3.05) is 0 Å². The van der Waals surface area contributed by atoms with Crippen LogP contribution in [0.5, 0.6) is 23.0 Å². The Kier molecular flexibility index (Phi) is 7.42. The van der Waals surface area contributed by atoms with E-state index in [0.717, 1.165) is 50.8 Å². The predicted octanol–water partition coefficient (Wildman–Crippen LogP) is 9.40. The Morgan fingerprint density at radius 2 is 0.941 bits per heavy atom. The highest BCUT2D eigenvalue weighted by molar-refractivity contribution is 5.78. The van der Waals surface area contributed by atoms with Crippen LogP contribution in [0.1, 0.15) is 36.1 Å². The lowest BCUT2D eigenvalue weighted by molar-refractivity contribution is 0.481. The SMILES string of the molecule is C=C(c1ccc(Oc2ccccc2/C=C/C)cc1)c1ccc(Oc2ccccc2/C=C/C)cc1. The average molecular weight is 445 g/mol. The molecule has 0 saturated carbocycles. The first-order valence-corrected chi connectivity index (χ1v) is 11.4. The Labute approximate surface area is 202 Å². The van der Waals surface area contributed by atoms with Crippen LogP contribution >= 0.6 is 0 Å². The first-order chi connectivity index (χ1) is 16.7. The Hall–Kier alpha value is -4.30. The summed E-state index contributed by atoms with van der Waals surface area (Å²) in [4.78, 5) is 0. The number of ether oxygens (including phenoxy) is 2. The van der Waals surface area contributed by atoms with Crippen LogP contribution in [0.25, 0.3) is 17.7 Å². The van der Waals surface area contributed by atoms with Crippen LogP contribution in [0, 0.1) is 0 Å². The molecule has 0 amide bonds. The van der Waals surface area contributed by atoms with E-state index in [2.05, 4.69) is 6.58 Å². The van der Waals surface area contributed by atoms with Gasteiger partial charge in [0.2, 0.25) is 0 Å². The maximum atomic E-state index is 6.10. The van der Waals surface area contributed by atoms with Gasteiger partial charge in [-0.15, -0.1) is 0 Å². The third kappa shape index (κ3) is 5.54. The molecule has 4 aromatic carbocycles. The topological polar surface area (TPSA) is 18.5 Å². The van der Waals surface area contributed by atoms with Gasteiger partial charge in [-0.05, 0) is 66.9 Å². The van der Waals surface area contributed by atoms with Crippen molar-refractivity contribution in [3.05, 3.63) is 138 Å². The third-order valence-corrected chi connectivity index (χ3v) is 5.39. The number of hydrogen-bond donors (Lipinski definition) is 0. The summed E-state index contributed by atoms with van der Waals surface area (Å²) in [6.07, 6.45) is 8.09. The highest BCUT2D eigenvalue weighted by atomic mass is 16.5. The lowest BCUT2D eigenvalue weighted by atomic mass is 9.99. The van der Waals surface area contributed by atoms with Gasteiger partial charge >= 0.3 is 0 Å². The summed E-state index contributed by atoms with van der Waals surface area (Å²) in [5.41, 5.74) is 5.13. The molecule has 4 rings (SSSR count). The van der Waals surface area contributed by atoms with Crippen LogP contribution in [0.2, 0.25) is 0 Å². The van der Waals surface area contributed by atoms with E-state index in [1.54, 1.807) is 0 Å². The fraction of sp³-hybridized carbons (Fsp3) is 0.0625. The molecule has 0 spiro atoms. The smallest absolute Gasteiger partial charge is 0.134 e. The zero-order chi connectivity index (χ0) is 23.8. The van der Waals surface area contributed by atoms with Crippen molar-refractivity contribution >= 4 is 17.7 Å². The molecule has 0 radical (unpaired) electrons. The maximum Gasteiger partial charge on any atom is 0.134 e. The second-order valence-corrected chi connectivity index (χ2v) is 7.81. The molecule has 0 aliphatic rings. The summed E-state index contributed by atoms with van der Waals surface area (Å²) in [5, 5.41) is 0. The monoisotopic (exact) mass is 444 g/mol. The van der Waals surface area contributed by atoms with Gasteiger partial charge in [0.1, 0.15) is 23.0 Å². The van der Waals surface area contributed by atoms with E-state index in [-0.39, 0.29) is 0 Å². The minimum Gasteiger partial charge on any atom is -0.457 e. The fourth-order valence-corrected chi connectivity index (χ4v) is 3.65. The molecular weight excluding hydrogens is 416 g/mol. The molecule has 0 bridgehead atoms. The first-order valence-electron chi connectivity index (χ1n) is 11.4. The summed E-state index contributed by atoms with van der Waals surface area (Å²) in [6.45, 7) is 8.30. The highest BCUT2D eigenvalue weighted by Gasteiger charge is 2.07. The van der Waals surface area contributed by atoms with Crippen LogP contribution in [0.3, 0.4) is 0 Å². The second kappa shape index (κ2) is 11.0. The number of rotatable bonds is 8. The zero-order valence-corrected chi connectivity index (χ0v) is 19.6. The number of hydrogen-bond acceptors (Lipinski definition) is 2. The van der Waals surface area contributed by atoms with E-state index >= 15 is 0 Å². The molecule has 2 heteroatoms. The molecule has 2 nitrogen and oxygen atoms in total. The molecule has 34 heavy (non-hydrogen) atoms. The van der Waals surface area contributed by atoms with E-state index < -0.39 is 0 Å². The van der Waals surface area contributed by atoms with Crippen molar-refractivity contribution in [2.45, 2.75) is 13.8 Å². The minimum atomic E-state index is 0.789. The largest absolute Gasteiger partial charge is 0.457 e. The van der Waals surface area contributed by atoms with Crippen molar-refractivity contribution in [2.24, 2.45) is 0 Å². The number of benzene rings is 4. The summed E-state index contributed by atoms with van der Waals surface area (Å²) < 4.78 is 12.2. The lowest BCUT2D eigenvalue weighted by Gasteiger charge is -2.12. The summed E-state index contributed by atoms with van der Waals surface area (Å²) >= 11 is 0. The number of allylic oxidation sites excluding steroid dienone is 2. The average Bonchev–Trinajstić information content (AvgIpc) is 2.87. The van der Waals surface area contributed by atoms with Crippen LogP contribution in [-0.2, 0) is 0 Å². The van der Waals surface area contributed by atoms with Gasteiger partial charge in [0.15, 0.2) is 0 Å². The van der Waals surface area contributed by atoms with E-state index in [4.69, 9.17) is 9.47 Å². The van der Waals surface area contributed by atoms with Crippen LogP contribution in [-0.4, -0.2) is 0 Å². The molecule has 0 atom stereocenters. The van der Waals surface area contributed by atoms with Gasteiger partial charge in [-0.3, -0.25) is 0 Å². The number of para-hydroxylation sites is 2. The van der Waals surface area contributed by atoms with Crippen molar-refractivity contribution in [3.8, 4) is 23.0 Å². The maximum absolute atomic E-state index is 6.10. The van der Waals surface area contributed by atoms with Gasteiger partial charge in [0, 0.05) is 11.1 Å². The predicted molar refractivity (Wildman–Crippen MR) is 143 cm³/mol. The normalized spacial score (nSPS) is 11.1. The Bertz CT molecular complexity index is 1210. The van der Waals surface area contributed by atoms with Crippen molar-refractivity contribution in [3.63, 3.8) is 0 Å². The third-order valence-electron chi connectivity index (χ3n) is 5.39. The molecule has 168 valence electrons. The van der Waals surface area contributed by atoms with Crippen molar-refractivity contribution < 1.29 is 9.47 Å². The molecule has 0 heterocycles. The summed E-state index contributed by atoms with van der Waals surface area (Å²) in [6, 6.07) is 32.0. The van der Waals surface area contributed by atoms with E-state index in [9.17, 15) is 0 Å². The van der Waals surface area contributed by atoms with Gasteiger partial charge in [-0.1, -0.05) is 91.5 Å².